The quantitative estimate of drug-likeness (QED) is 0.757. The molecule has 0 spiro atoms. The normalized spacial score (nSPS) is 34.4. The van der Waals surface area contributed by atoms with Crippen LogP contribution >= 0.6 is 0 Å². The smallest absolute Gasteiger partial charge is 0.191 e. The summed E-state index contributed by atoms with van der Waals surface area (Å²) in [5.74, 6) is 1.77. The van der Waals surface area contributed by atoms with E-state index in [4.69, 9.17) is 4.74 Å². The largest absolute Gasteiger partial charge is 0.381 e. The molecule has 92 valence electrons. The Bertz CT molecular complexity index is 247. The molecule has 2 aliphatic rings. The second-order valence-corrected chi connectivity index (χ2v) is 4.99. The third-order valence-corrected chi connectivity index (χ3v) is 3.59. The molecule has 0 amide bonds. The molecule has 4 nitrogen and oxygen atoms in total. The Balaban J connectivity index is 1.64. The van der Waals surface area contributed by atoms with Crippen LogP contribution in [0.1, 0.15) is 32.6 Å². The SMILES string of the molecule is COC1CCC(CNC2=NCC(C)N2)CC1. The van der Waals surface area contributed by atoms with E-state index in [9.17, 15) is 0 Å². The molecule has 0 aromatic rings. The third kappa shape index (κ3) is 3.11. The predicted octanol–water partition coefficient (Wildman–Crippen LogP) is 1.13. The van der Waals surface area contributed by atoms with E-state index in [1.165, 1.54) is 25.7 Å². The molecule has 1 atom stereocenters. The van der Waals surface area contributed by atoms with Crippen molar-refractivity contribution in [2.75, 3.05) is 20.2 Å². The maximum Gasteiger partial charge on any atom is 0.191 e. The Hall–Kier alpha value is -0.770. The molecule has 2 N–H and O–H groups in total. The van der Waals surface area contributed by atoms with Crippen LogP contribution in [-0.2, 0) is 4.74 Å². The molecule has 1 aliphatic heterocycles. The van der Waals surface area contributed by atoms with Crippen molar-refractivity contribution in [3.63, 3.8) is 0 Å². The highest BCUT2D eigenvalue weighted by Crippen LogP contribution is 2.25. The monoisotopic (exact) mass is 225 g/mol. The van der Waals surface area contributed by atoms with E-state index < -0.39 is 0 Å². The molecular formula is C12H23N3O. The number of aliphatic imine (C=N–C) groups is 1. The zero-order chi connectivity index (χ0) is 11.4. The van der Waals surface area contributed by atoms with E-state index in [0.29, 0.717) is 12.1 Å². The number of ether oxygens (including phenoxy) is 1. The molecule has 1 saturated carbocycles. The van der Waals surface area contributed by atoms with Crippen molar-refractivity contribution in [2.24, 2.45) is 10.9 Å². The van der Waals surface area contributed by atoms with Crippen molar-refractivity contribution in [1.82, 2.24) is 10.6 Å². The molecule has 2 rings (SSSR count). The number of rotatable bonds is 3. The van der Waals surface area contributed by atoms with Crippen LogP contribution in [0.25, 0.3) is 0 Å². The summed E-state index contributed by atoms with van der Waals surface area (Å²) in [5, 5.41) is 6.74. The summed E-state index contributed by atoms with van der Waals surface area (Å²) in [4.78, 5) is 4.40. The van der Waals surface area contributed by atoms with Crippen LogP contribution in [0, 0.1) is 5.92 Å². The fourth-order valence-electron chi connectivity index (χ4n) is 2.47. The van der Waals surface area contributed by atoms with E-state index in [0.717, 1.165) is 25.0 Å². The molecule has 16 heavy (non-hydrogen) atoms. The number of guanidine groups is 1. The minimum Gasteiger partial charge on any atom is -0.381 e. The van der Waals surface area contributed by atoms with Gasteiger partial charge >= 0.3 is 0 Å². The first-order chi connectivity index (χ1) is 7.78. The summed E-state index contributed by atoms with van der Waals surface area (Å²) in [5.41, 5.74) is 0. The summed E-state index contributed by atoms with van der Waals surface area (Å²) in [6.45, 7) is 4.11. The van der Waals surface area contributed by atoms with Gasteiger partial charge in [0.1, 0.15) is 0 Å². The average molecular weight is 225 g/mol. The zero-order valence-corrected chi connectivity index (χ0v) is 10.3. The first-order valence-corrected chi connectivity index (χ1v) is 6.35. The van der Waals surface area contributed by atoms with Gasteiger partial charge in [0.15, 0.2) is 5.96 Å². The number of nitrogens with zero attached hydrogens (tertiary/aromatic N) is 1. The molecule has 0 bridgehead atoms. The zero-order valence-electron chi connectivity index (χ0n) is 10.3. The fourth-order valence-corrected chi connectivity index (χ4v) is 2.47. The van der Waals surface area contributed by atoms with Crippen molar-refractivity contribution in [1.29, 1.82) is 0 Å². The number of hydrogen-bond donors (Lipinski definition) is 2. The first kappa shape index (κ1) is 11.7. The highest BCUT2D eigenvalue weighted by Gasteiger charge is 2.21. The Labute approximate surface area is 97.9 Å². The second-order valence-electron chi connectivity index (χ2n) is 4.99. The molecule has 1 unspecified atom stereocenters. The van der Waals surface area contributed by atoms with Gasteiger partial charge in [-0.2, -0.15) is 0 Å². The van der Waals surface area contributed by atoms with Crippen LogP contribution in [0.2, 0.25) is 0 Å². The molecule has 0 saturated heterocycles. The molecule has 0 aromatic heterocycles. The van der Waals surface area contributed by atoms with Crippen molar-refractivity contribution in [3.05, 3.63) is 0 Å². The van der Waals surface area contributed by atoms with Gasteiger partial charge in [-0.1, -0.05) is 0 Å². The lowest BCUT2D eigenvalue weighted by molar-refractivity contribution is 0.0574. The van der Waals surface area contributed by atoms with Gasteiger partial charge in [0.05, 0.1) is 12.6 Å². The summed E-state index contributed by atoms with van der Waals surface area (Å²) in [6, 6.07) is 0.492. The van der Waals surface area contributed by atoms with Crippen molar-refractivity contribution in [3.8, 4) is 0 Å². The fraction of sp³-hybridized carbons (Fsp3) is 0.917. The maximum atomic E-state index is 5.37. The highest BCUT2D eigenvalue weighted by atomic mass is 16.5. The molecule has 0 radical (unpaired) electrons. The van der Waals surface area contributed by atoms with Crippen LogP contribution < -0.4 is 10.6 Å². The molecule has 0 aromatic carbocycles. The maximum absolute atomic E-state index is 5.37. The highest BCUT2D eigenvalue weighted by molar-refractivity contribution is 5.81. The topological polar surface area (TPSA) is 45.6 Å². The van der Waals surface area contributed by atoms with Crippen molar-refractivity contribution >= 4 is 5.96 Å². The van der Waals surface area contributed by atoms with Gasteiger partial charge in [-0.05, 0) is 38.5 Å². The second kappa shape index (κ2) is 5.53. The van der Waals surface area contributed by atoms with Crippen LogP contribution in [0.4, 0.5) is 0 Å². The van der Waals surface area contributed by atoms with Gasteiger partial charge in [-0.15, -0.1) is 0 Å². The predicted molar refractivity (Wildman–Crippen MR) is 65.7 cm³/mol. The third-order valence-electron chi connectivity index (χ3n) is 3.59. The summed E-state index contributed by atoms with van der Waals surface area (Å²) in [7, 11) is 1.82. The van der Waals surface area contributed by atoms with Crippen molar-refractivity contribution < 1.29 is 4.74 Å². The molecule has 1 heterocycles. The standard InChI is InChI=1S/C12H23N3O/c1-9-7-13-12(15-9)14-8-10-3-5-11(16-2)6-4-10/h9-11H,3-8H2,1-2H3,(H2,13,14,15). The summed E-state index contributed by atoms with van der Waals surface area (Å²) < 4.78 is 5.37. The summed E-state index contributed by atoms with van der Waals surface area (Å²) >= 11 is 0. The Morgan fingerprint density at radius 3 is 2.69 bits per heavy atom. The van der Waals surface area contributed by atoms with Gasteiger partial charge < -0.3 is 15.4 Å². The van der Waals surface area contributed by atoms with E-state index in [-0.39, 0.29) is 0 Å². The first-order valence-electron chi connectivity index (χ1n) is 6.35. The molecule has 4 heteroatoms. The van der Waals surface area contributed by atoms with Gasteiger partial charge in [0, 0.05) is 19.7 Å². The van der Waals surface area contributed by atoms with E-state index in [1.807, 2.05) is 7.11 Å². The van der Waals surface area contributed by atoms with Crippen LogP contribution in [-0.4, -0.2) is 38.3 Å². The molecule has 1 fully saturated rings. The van der Waals surface area contributed by atoms with E-state index >= 15 is 0 Å². The number of nitrogens with one attached hydrogen (secondary N) is 2. The number of hydrogen-bond acceptors (Lipinski definition) is 4. The summed E-state index contributed by atoms with van der Waals surface area (Å²) in [6.07, 6.45) is 5.46. The number of methoxy groups -OCH3 is 1. The van der Waals surface area contributed by atoms with Gasteiger partial charge in [-0.25, -0.2) is 0 Å². The minimum absolute atomic E-state index is 0.492. The minimum atomic E-state index is 0.492. The lowest BCUT2D eigenvalue weighted by Gasteiger charge is -2.27. The van der Waals surface area contributed by atoms with Gasteiger partial charge in [0.2, 0.25) is 0 Å². The van der Waals surface area contributed by atoms with Gasteiger partial charge in [-0.3, -0.25) is 4.99 Å². The van der Waals surface area contributed by atoms with E-state index in [1.54, 1.807) is 0 Å². The molecular weight excluding hydrogens is 202 g/mol. The van der Waals surface area contributed by atoms with Crippen LogP contribution in [0.15, 0.2) is 4.99 Å². The van der Waals surface area contributed by atoms with Crippen molar-refractivity contribution in [2.45, 2.75) is 44.8 Å². The Morgan fingerprint density at radius 2 is 2.12 bits per heavy atom. The lowest BCUT2D eigenvalue weighted by atomic mass is 9.87. The Morgan fingerprint density at radius 1 is 1.38 bits per heavy atom. The van der Waals surface area contributed by atoms with E-state index in [2.05, 4.69) is 22.5 Å². The lowest BCUT2D eigenvalue weighted by Crippen LogP contribution is -2.40. The Kier molecular flexibility index (Phi) is 4.04. The average Bonchev–Trinajstić information content (AvgIpc) is 2.73. The van der Waals surface area contributed by atoms with Crippen LogP contribution in [0.5, 0.6) is 0 Å². The van der Waals surface area contributed by atoms with Gasteiger partial charge in [0.25, 0.3) is 0 Å². The van der Waals surface area contributed by atoms with Crippen LogP contribution in [0.3, 0.4) is 0 Å². The molecule has 1 aliphatic carbocycles.